The molecular formula is C18H17FN2O2S2. The first kappa shape index (κ1) is 17.7. The molecule has 0 atom stereocenters. The first-order valence-corrected chi connectivity index (χ1v) is 9.98. The molecule has 2 aromatic carbocycles. The van der Waals surface area contributed by atoms with Crippen molar-refractivity contribution < 1.29 is 12.8 Å². The predicted octanol–water partition coefficient (Wildman–Crippen LogP) is 3.66. The molecule has 0 aliphatic rings. The molecule has 1 N–H and O–H groups in total. The number of nitrogens with one attached hydrogen (secondary N) is 1. The Balaban J connectivity index is 1.69. The quantitative estimate of drug-likeness (QED) is 0.714. The molecule has 0 aliphatic heterocycles. The van der Waals surface area contributed by atoms with E-state index in [4.69, 9.17) is 0 Å². The number of halogens is 1. The third-order valence-corrected chi connectivity index (χ3v) is 6.26. The van der Waals surface area contributed by atoms with Gasteiger partial charge in [0.2, 0.25) is 10.0 Å². The lowest BCUT2D eigenvalue weighted by Crippen LogP contribution is -2.23. The summed E-state index contributed by atoms with van der Waals surface area (Å²) in [6, 6.07) is 14.8. The summed E-state index contributed by atoms with van der Waals surface area (Å²) in [6.07, 6.45) is 0.773. The van der Waals surface area contributed by atoms with E-state index in [0.717, 1.165) is 29.1 Å². The smallest absolute Gasteiger partial charge is 0.240 e. The van der Waals surface area contributed by atoms with Gasteiger partial charge in [0.1, 0.15) is 10.8 Å². The summed E-state index contributed by atoms with van der Waals surface area (Å²) in [4.78, 5) is 5.60. The Hall–Kier alpha value is -2.09. The van der Waals surface area contributed by atoms with Crippen LogP contribution >= 0.6 is 11.3 Å². The summed E-state index contributed by atoms with van der Waals surface area (Å²) in [6.45, 7) is 2.03. The minimum atomic E-state index is -3.69. The lowest BCUT2D eigenvalue weighted by molar-refractivity contribution is 0.580. The Bertz CT molecular complexity index is 953. The van der Waals surface area contributed by atoms with Crippen LogP contribution in [0.1, 0.15) is 21.1 Å². The maximum atomic E-state index is 12.9. The van der Waals surface area contributed by atoms with Crippen molar-refractivity contribution in [3.05, 3.63) is 81.6 Å². The van der Waals surface area contributed by atoms with Gasteiger partial charge < -0.3 is 0 Å². The molecule has 0 saturated carbocycles. The second-order valence-corrected chi connectivity index (χ2v) is 8.49. The zero-order chi connectivity index (χ0) is 17.9. The highest BCUT2D eigenvalue weighted by Gasteiger charge is 2.15. The van der Waals surface area contributed by atoms with Crippen LogP contribution in [0.5, 0.6) is 0 Å². The average Bonchev–Trinajstić information content (AvgIpc) is 2.94. The molecule has 1 aromatic heterocycles. The third-order valence-electron chi connectivity index (χ3n) is 3.68. The topological polar surface area (TPSA) is 59.1 Å². The average molecular weight is 376 g/mol. The summed E-state index contributed by atoms with van der Waals surface area (Å²) in [5, 5.41) is 0.703. The maximum Gasteiger partial charge on any atom is 0.240 e. The van der Waals surface area contributed by atoms with Gasteiger partial charge in [0.05, 0.1) is 17.1 Å². The van der Waals surface area contributed by atoms with Crippen molar-refractivity contribution in [3.63, 3.8) is 0 Å². The molecule has 0 fully saturated rings. The number of hydrogen-bond donors (Lipinski definition) is 1. The molecule has 7 heteroatoms. The minimum Gasteiger partial charge on any atom is -0.245 e. The Labute approximate surface area is 150 Å². The van der Waals surface area contributed by atoms with Gasteiger partial charge in [0.15, 0.2) is 0 Å². The summed E-state index contributed by atoms with van der Waals surface area (Å²) < 4.78 is 39.9. The molecule has 3 aromatic rings. The fourth-order valence-corrected chi connectivity index (χ4v) is 4.49. The molecule has 3 rings (SSSR count). The monoisotopic (exact) mass is 376 g/mol. The lowest BCUT2D eigenvalue weighted by Gasteiger charge is -2.04. The Morgan fingerprint density at radius 1 is 1.08 bits per heavy atom. The number of aryl methyl sites for hydroxylation is 1. The van der Waals surface area contributed by atoms with Crippen LogP contribution in [0, 0.1) is 12.7 Å². The molecule has 1 heterocycles. The highest BCUT2D eigenvalue weighted by Crippen LogP contribution is 2.22. The molecule has 0 radical (unpaired) electrons. The second-order valence-electron chi connectivity index (χ2n) is 5.56. The van der Waals surface area contributed by atoms with Crippen molar-refractivity contribution >= 4 is 21.4 Å². The molecular weight excluding hydrogens is 359 g/mol. The highest BCUT2D eigenvalue weighted by atomic mass is 32.2. The van der Waals surface area contributed by atoms with Crippen LogP contribution in [-0.4, -0.2) is 13.4 Å². The standard InChI is InChI=1S/C18H17FN2O2S2/c1-13-17(11-14-5-3-2-4-6-14)24-18(21-13)12-20-25(22,23)16-9-7-15(19)8-10-16/h2-10,20H,11-12H2,1H3. The molecule has 0 bridgehead atoms. The van der Waals surface area contributed by atoms with Gasteiger partial charge in [0.25, 0.3) is 0 Å². The maximum absolute atomic E-state index is 12.9. The summed E-state index contributed by atoms with van der Waals surface area (Å²) in [7, 11) is -3.69. The fourth-order valence-electron chi connectivity index (χ4n) is 2.36. The van der Waals surface area contributed by atoms with E-state index in [-0.39, 0.29) is 11.4 Å². The van der Waals surface area contributed by atoms with Gasteiger partial charge in [-0.05, 0) is 36.8 Å². The number of sulfonamides is 1. The van der Waals surface area contributed by atoms with E-state index in [1.807, 2.05) is 25.1 Å². The van der Waals surface area contributed by atoms with E-state index < -0.39 is 15.8 Å². The highest BCUT2D eigenvalue weighted by molar-refractivity contribution is 7.89. The summed E-state index contributed by atoms with van der Waals surface area (Å²) in [5.74, 6) is -0.472. The van der Waals surface area contributed by atoms with Crippen molar-refractivity contribution in [2.24, 2.45) is 0 Å². The molecule has 4 nitrogen and oxygen atoms in total. The summed E-state index contributed by atoms with van der Waals surface area (Å²) in [5.41, 5.74) is 2.09. The number of thiazole rings is 1. The van der Waals surface area contributed by atoms with E-state index in [2.05, 4.69) is 21.8 Å². The molecule has 0 aliphatic carbocycles. The van der Waals surface area contributed by atoms with Gasteiger partial charge in [-0.3, -0.25) is 0 Å². The minimum absolute atomic E-state index is 0.0340. The second kappa shape index (κ2) is 7.43. The summed E-state index contributed by atoms with van der Waals surface area (Å²) >= 11 is 1.49. The molecule has 0 unspecified atom stereocenters. The Morgan fingerprint density at radius 3 is 2.44 bits per heavy atom. The van der Waals surface area contributed by atoms with Gasteiger partial charge in [-0.2, -0.15) is 0 Å². The van der Waals surface area contributed by atoms with Crippen LogP contribution in [-0.2, 0) is 23.0 Å². The van der Waals surface area contributed by atoms with Crippen molar-refractivity contribution in [2.75, 3.05) is 0 Å². The normalized spacial score (nSPS) is 11.6. The van der Waals surface area contributed by atoms with Crippen LogP contribution in [0.3, 0.4) is 0 Å². The van der Waals surface area contributed by atoms with Crippen molar-refractivity contribution in [3.8, 4) is 0 Å². The Kier molecular flexibility index (Phi) is 5.27. The van der Waals surface area contributed by atoms with Crippen molar-refractivity contribution in [2.45, 2.75) is 24.8 Å². The van der Waals surface area contributed by atoms with Gasteiger partial charge >= 0.3 is 0 Å². The van der Waals surface area contributed by atoms with Crippen molar-refractivity contribution in [1.82, 2.24) is 9.71 Å². The molecule has 130 valence electrons. The van der Waals surface area contributed by atoms with E-state index in [9.17, 15) is 12.8 Å². The molecule has 0 saturated heterocycles. The van der Waals surface area contributed by atoms with E-state index in [1.54, 1.807) is 0 Å². The number of nitrogens with zero attached hydrogens (tertiary/aromatic N) is 1. The molecule has 0 spiro atoms. The van der Waals surface area contributed by atoms with E-state index in [0.29, 0.717) is 5.01 Å². The van der Waals surface area contributed by atoms with Gasteiger partial charge in [0, 0.05) is 11.3 Å². The van der Waals surface area contributed by atoms with Crippen LogP contribution < -0.4 is 4.72 Å². The zero-order valence-corrected chi connectivity index (χ0v) is 15.2. The van der Waals surface area contributed by atoms with Crippen LogP contribution in [0.25, 0.3) is 0 Å². The zero-order valence-electron chi connectivity index (χ0n) is 13.6. The fraction of sp³-hybridized carbons (Fsp3) is 0.167. The lowest BCUT2D eigenvalue weighted by atomic mass is 10.1. The van der Waals surface area contributed by atoms with Crippen LogP contribution in [0.15, 0.2) is 59.5 Å². The van der Waals surface area contributed by atoms with Gasteiger partial charge in [-0.15, -0.1) is 11.3 Å². The number of aromatic nitrogens is 1. The largest absolute Gasteiger partial charge is 0.245 e. The predicted molar refractivity (Wildman–Crippen MR) is 96.5 cm³/mol. The number of benzene rings is 2. The van der Waals surface area contributed by atoms with Crippen LogP contribution in [0.4, 0.5) is 4.39 Å². The molecule has 0 amide bonds. The first-order chi connectivity index (χ1) is 11.9. The van der Waals surface area contributed by atoms with E-state index in [1.165, 1.54) is 29.0 Å². The number of hydrogen-bond acceptors (Lipinski definition) is 4. The van der Waals surface area contributed by atoms with Crippen molar-refractivity contribution in [1.29, 1.82) is 0 Å². The van der Waals surface area contributed by atoms with E-state index >= 15 is 0 Å². The number of rotatable bonds is 6. The molecule has 25 heavy (non-hydrogen) atoms. The first-order valence-electron chi connectivity index (χ1n) is 7.68. The van der Waals surface area contributed by atoms with Gasteiger partial charge in [-0.25, -0.2) is 22.5 Å². The Morgan fingerprint density at radius 2 is 1.76 bits per heavy atom. The van der Waals surface area contributed by atoms with Crippen LogP contribution in [0.2, 0.25) is 0 Å². The SMILES string of the molecule is Cc1nc(CNS(=O)(=O)c2ccc(F)cc2)sc1Cc1ccccc1. The third kappa shape index (κ3) is 4.50. The van der Waals surface area contributed by atoms with Gasteiger partial charge in [-0.1, -0.05) is 30.3 Å².